The third kappa shape index (κ3) is 4.96. The van der Waals surface area contributed by atoms with Crippen molar-refractivity contribution >= 4 is 34.3 Å². The smallest absolute Gasteiger partial charge is 0.205 e. The Morgan fingerprint density at radius 3 is 1.97 bits per heavy atom. The Kier molecular flexibility index (Phi) is 5.89. The highest BCUT2D eigenvalue weighted by molar-refractivity contribution is 5.98. The van der Waals surface area contributed by atoms with Crippen molar-refractivity contribution in [3.05, 3.63) is 77.9 Å². The number of nitrogen functional groups attached to an aromatic ring is 2. The van der Waals surface area contributed by atoms with Crippen molar-refractivity contribution in [2.75, 3.05) is 18.5 Å². The minimum absolute atomic E-state index is 0.0166. The molecule has 0 fully saturated rings. The molecular weight excluding hydrogens is 406 g/mol. The summed E-state index contributed by atoms with van der Waals surface area (Å²) in [5.41, 5.74) is 14.7. The van der Waals surface area contributed by atoms with E-state index in [1.165, 1.54) is 0 Å². The second-order valence-corrected chi connectivity index (χ2v) is 7.02. The molecule has 0 unspecified atom stereocenters. The summed E-state index contributed by atoms with van der Waals surface area (Å²) in [7, 11) is 0. The molecule has 0 bridgehead atoms. The van der Waals surface area contributed by atoms with E-state index in [1.54, 1.807) is 36.4 Å². The summed E-state index contributed by atoms with van der Waals surface area (Å²) in [6, 6.07) is 19.9. The number of ether oxygens (including phenoxy) is 2. The van der Waals surface area contributed by atoms with Crippen molar-refractivity contribution in [1.29, 1.82) is 10.8 Å². The number of benzene rings is 3. The zero-order chi connectivity index (χ0) is 22.5. The molecule has 3 aromatic carbocycles. The van der Waals surface area contributed by atoms with Crippen LogP contribution < -0.4 is 26.3 Å². The molecule has 0 aliphatic carbocycles. The first-order valence-electron chi connectivity index (χ1n) is 9.89. The molecule has 162 valence electrons. The van der Waals surface area contributed by atoms with Crippen LogP contribution in [0.3, 0.4) is 0 Å². The first-order chi connectivity index (χ1) is 15.5. The van der Waals surface area contributed by atoms with E-state index in [1.807, 2.05) is 30.3 Å². The molecule has 1 aromatic heterocycles. The van der Waals surface area contributed by atoms with E-state index in [2.05, 4.69) is 15.3 Å². The van der Waals surface area contributed by atoms with Crippen LogP contribution in [0.1, 0.15) is 11.1 Å². The van der Waals surface area contributed by atoms with Gasteiger partial charge >= 0.3 is 0 Å². The highest BCUT2D eigenvalue weighted by atomic mass is 16.5. The molecule has 4 aromatic rings. The zero-order valence-corrected chi connectivity index (χ0v) is 17.2. The van der Waals surface area contributed by atoms with E-state index in [0.29, 0.717) is 36.0 Å². The quantitative estimate of drug-likeness (QED) is 0.136. The lowest BCUT2D eigenvalue weighted by molar-refractivity contribution is 0.217. The summed E-state index contributed by atoms with van der Waals surface area (Å²) < 4.78 is 11.4. The van der Waals surface area contributed by atoms with Gasteiger partial charge in [0.1, 0.15) is 36.4 Å². The fourth-order valence-corrected chi connectivity index (χ4v) is 3.06. The lowest BCUT2D eigenvalue weighted by atomic mass is 10.2. The van der Waals surface area contributed by atoms with Crippen molar-refractivity contribution in [2.24, 2.45) is 11.5 Å². The molecule has 0 spiro atoms. The summed E-state index contributed by atoms with van der Waals surface area (Å²) in [5.74, 6) is 2.06. The molecule has 8 N–H and O–H groups in total. The van der Waals surface area contributed by atoms with Gasteiger partial charge in [-0.25, -0.2) is 4.98 Å². The Morgan fingerprint density at radius 1 is 0.812 bits per heavy atom. The van der Waals surface area contributed by atoms with Crippen LogP contribution in [0.5, 0.6) is 11.5 Å². The molecule has 0 aliphatic rings. The van der Waals surface area contributed by atoms with Gasteiger partial charge < -0.3 is 31.2 Å². The first kappa shape index (κ1) is 20.7. The molecule has 0 radical (unpaired) electrons. The van der Waals surface area contributed by atoms with E-state index in [9.17, 15) is 0 Å². The van der Waals surface area contributed by atoms with Gasteiger partial charge in [-0.3, -0.25) is 10.8 Å². The van der Waals surface area contributed by atoms with Gasteiger partial charge in [-0.1, -0.05) is 0 Å². The van der Waals surface area contributed by atoms with E-state index in [-0.39, 0.29) is 11.7 Å². The monoisotopic (exact) mass is 429 g/mol. The van der Waals surface area contributed by atoms with Crippen LogP contribution in [0.4, 0.5) is 11.6 Å². The maximum atomic E-state index is 7.54. The average molecular weight is 429 g/mol. The van der Waals surface area contributed by atoms with Crippen molar-refractivity contribution in [2.45, 2.75) is 0 Å². The molecule has 0 amide bonds. The second-order valence-electron chi connectivity index (χ2n) is 7.02. The maximum absolute atomic E-state index is 7.54. The van der Waals surface area contributed by atoms with Crippen LogP contribution in [-0.4, -0.2) is 34.9 Å². The molecule has 1 heterocycles. The van der Waals surface area contributed by atoms with Gasteiger partial charge in [0, 0.05) is 16.8 Å². The summed E-state index contributed by atoms with van der Waals surface area (Å²) in [4.78, 5) is 7.67. The summed E-state index contributed by atoms with van der Waals surface area (Å²) in [6.07, 6.45) is 0. The average Bonchev–Trinajstić information content (AvgIpc) is 3.19. The summed E-state index contributed by atoms with van der Waals surface area (Å²) >= 11 is 0. The number of nitrogens with zero attached hydrogens (tertiary/aromatic N) is 1. The molecule has 0 atom stereocenters. The van der Waals surface area contributed by atoms with Crippen LogP contribution in [0.25, 0.3) is 11.0 Å². The van der Waals surface area contributed by atoms with Gasteiger partial charge in [-0.15, -0.1) is 0 Å². The number of rotatable bonds is 9. The number of nitrogens with one attached hydrogen (secondary N) is 4. The highest BCUT2D eigenvalue weighted by Gasteiger charge is 2.06. The molecule has 0 saturated carbocycles. The van der Waals surface area contributed by atoms with Gasteiger partial charge in [0.15, 0.2) is 0 Å². The first-order valence-corrected chi connectivity index (χ1v) is 9.89. The SMILES string of the molecule is N=C(N)c1ccc(OCCOc2ccc(Nc3nc4ccc(C(=N)N)cc4[nH]3)cc2)cc1. The Morgan fingerprint density at radius 2 is 1.38 bits per heavy atom. The third-order valence-electron chi connectivity index (χ3n) is 4.70. The van der Waals surface area contributed by atoms with E-state index >= 15 is 0 Å². The minimum atomic E-state index is 0.0166. The number of aromatic nitrogens is 2. The number of aromatic amines is 1. The minimum Gasteiger partial charge on any atom is -0.490 e. The van der Waals surface area contributed by atoms with Crippen LogP contribution in [-0.2, 0) is 0 Å². The number of amidine groups is 2. The zero-order valence-electron chi connectivity index (χ0n) is 17.2. The Hall–Kier alpha value is -4.53. The molecule has 4 rings (SSSR count). The van der Waals surface area contributed by atoms with Crippen molar-refractivity contribution < 1.29 is 9.47 Å². The molecule has 0 aliphatic heterocycles. The fourth-order valence-electron chi connectivity index (χ4n) is 3.06. The molecule has 9 nitrogen and oxygen atoms in total. The van der Waals surface area contributed by atoms with Gasteiger partial charge in [0.2, 0.25) is 5.95 Å². The van der Waals surface area contributed by atoms with Crippen molar-refractivity contribution in [3.8, 4) is 11.5 Å². The topological polar surface area (TPSA) is 159 Å². The van der Waals surface area contributed by atoms with Gasteiger partial charge in [-0.2, -0.15) is 0 Å². The number of hydrogen-bond acceptors (Lipinski definition) is 6. The number of fused-ring (bicyclic) bond motifs is 1. The molecule has 9 heteroatoms. The standard InChI is InChI=1S/C23H23N7O2/c24-21(25)14-1-6-17(7-2-14)31-11-12-32-18-8-4-16(5-9-18)28-23-29-19-10-3-15(22(26)27)13-20(19)30-23/h1-10,13H,11-12H2,(H3,24,25)(H3,26,27)(H2,28,29,30). The molecular formula is C23H23N7O2. The lowest BCUT2D eigenvalue weighted by Crippen LogP contribution is -2.11. The van der Waals surface area contributed by atoms with E-state index in [4.69, 9.17) is 31.8 Å². The Labute approximate surface area is 184 Å². The summed E-state index contributed by atoms with van der Waals surface area (Å²) in [5, 5.41) is 18.1. The normalized spacial score (nSPS) is 10.6. The fraction of sp³-hybridized carbons (Fsp3) is 0.0870. The van der Waals surface area contributed by atoms with Crippen molar-refractivity contribution in [3.63, 3.8) is 0 Å². The van der Waals surface area contributed by atoms with Crippen LogP contribution >= 0.6 is 0 Å². The Balaban J connectivity index is 1.28. The Bertz CT molecular complexity index is 1250. The van der Waals surface area contributed by atoms with Crippen LogP contribution in [0.2, 0.25) is 0 Å². The van der Waals surface area contributed by atoms with E-state index in [0.717, 1.165) is 22.5 Å². The highest BCUT2D eigenvalue weighted by Crippen LogP contribution is 2.21. The molecule has 0 saturated heterocycles. The van der Waals surface area contributed by atoms with Gasteiger partial charge in [0.05, 0.1) is 11.0 Å². The largest absolute Gasteiger partial charge is 0.490 e. The predicted molar refractivity (Wildman–Crippen MR) is 125 cm³/mol. The van der Waals surface area contributed by atoms with Crippen molar-refractivity contribution in [1.82, 2.24) is 9.97 Å². The number of nitrogens with two attached hydrogens (primary N) is 2. The second kappa shape index (κ2) is 9.09. The maximum Gasteiger partial charge on any atom is 0.205 e. The van der Waals surface area contributed by atoms with Crippen LogP contribution in [0, 0.1) is 10.8 Å². The molecule has 32 heavy (non-hydrogen) atoms. The predicted octanol–water partition coefficient (Wildman–Crippen LogP) is 3.33. The lowest BCUT2D eigenvalue weighted by Gasteiger charge is -2.09. The van der Waals surface area contributed by atoms with Gasteiger partial charge in [0.25, 0.3) is 0 Å². The number of imidazole rings is 1. The number of anilines is 2. The number of hydrogen-bond donors (Lipinski definition) is 6. The summed E-state index contributed by atoms with van der Waals surface area (Å²) in [6.45, 7) is 0.782. The van der Waals surface area contributed by atoms with Crippen LogP contribution in [0.15, 0.2) is 66.7 Å². The van der Waals surface area contributed by atoms with Gasteiger partial charge in [-0.05, 0) is 66.7 Å². The number of H-pyrrole nitrogens is 1. The third-order valence-corrected chi connectivity index (χ3v) is 4.70. The van der Waals surface area contributed by atoms with E-state index < -0.39 is 0 Å².